The largest absolute Gasteiger partial charge is 0.496 e. The summed E-state index contributed by atoms with van der Waals surface area (Å²) in [5.74, 6) is 1.38. The zero-order valence-electron chi connectivity index (χ0n) is 13.3. The van der Waals surface area contributed by atoms with E-state index in [1.165, 1.54) is 6.08 Å². The average molecular weight is 339 g/mol. The van der Waals surface area contributed by atoms with Gasteiger partial charge in [-0.2, -0.15) is 10.5 Å². The van der Waals surface area contributed by atoms with E-state index < -0.39 is 0 Å². The fourth-order valence-electron chi connectivity index (χ4n) is 2.13. The monoisotopic (exact) mass is 338 g/mol. The van der Waals surface area contributed by atoms with Gasteiger partial charge >= 0.3 is 0 Å². The van der Waals surface area contributed by atoms with Gasteiger partial charge in [-0.25, -0.2) is 0 Å². The summed E-state index contributed by atoms with van der Waals surface area (Å²) >= 11 is 6.01. The molecule has 0 atom stereocenters. The van der Waals surface area contributed by atoms with E-state index in [1.54, 1.807) is 31.4 Å². The number of rotatable bonds is 5. The molecule has 0 aromatic heterocycles. The Morgan fingerprint density at radius 2 is 1.92 bits per heavy atom. The van der Waals surface area contributed by atoms with Crippen LogP contribution in [0.1, 0.15) is 16.7 Å². The fraction of sp³-hybridized carbons (Fsp3) is 0.158. The second kappa shape index (κ2) is 8.06. The number of methoxy groups -OCH3 is 1. The van der Waals surface area contributed by atoms with E-state index in [1.807, 2.05) is 31.2 Å². The van der Waals surface area contributed by atoms with Crippen LogP contribution in [0.5, 0.6) is 11.5 Å². The third kappa shape index (κ3) is 4.29. The lowest BCUT2D eigenvalue weighted by Crippen LogP contribution is -1.99. The number of ether oxygens (including phenoxy) is 2. The van der Waals surface area contributed by atoms with E-state index in [2.05, 4.69) is 0 Å². The van der Waals surface area contributed by atoms with Gasteiger partial charge in [-0.05, 0) is 54.5 Å². The van der Waals surface area contributed by atoms with E-state index >= 15 is 0 Å². The predicted molar refractivity (Wildman–Crippen MR) is 92.7 cm³/mol. The summed E-state index contributed by atoms with van der Waals surface area (Å²) in [6.45, 7) is 2.20. The molecule has 0 fully saturated rings. The molecule has 5 heteroatoms. The first kappa shape index (κ1) is 17.4. The van der Waals surface area contributed by atoms with Crippen molar-refractivity contribution in [1.82, 2.24) is 0 Å². The Bertz CT molecular complexity index is 845. The Morgan fingerprint density at radius 1 is 1.17 bits per heavy atom. The highest BCUT2D eigenvalue weighted by atomic mass is 35.5. The lowest BCUT2D eigenvalue weighted by Gasteiger charge is -2.12. The first-order valence-electron chi connectivity index (χ1n) is 7.15. The van der Waals surface area contributed by atoms with E-state index in [0.717, 1.165) is 16.7 Å². The second-order valence-electron chi connectivity index (χ2n) is 5.05. The molecular weight excluding hydrogens is 324 g/mol. The van der Waals surface area contributed by atoms with Crippen LogP contribution in [-0.4, -0.2) is 7.11 Å². The van der Waals surface area contributed by atoms with Crippen molar-refractivity contribution in [2.75, 3.05) is 7.11 Å². The second-order valence-corrected chi connectivity index (χ2v) is 5.46. The first-order valence-corrected chi connectivity index (χ1v) is 7.53. The Kier molecular flexibility index (Phi) is 5.84. The SMILES string of the molecule is COc1ccc(C=C(C#N)C#N)cc1COc1ccc(Cl)c(C)c1. The summed E-state index contributed by atoms with van der Waals surface area (Å²) in [5, 5.41) is 18.4. The van der Waals surface area contributed by atoms with Gasteiger partial charge in [0.15, 0.2) is 0 Å². The van der Waals surface area contributed by atoms with E-state index in [0.29, 0.717) is 23.1 Å². The molecule has 2 aromatic rings. The number of nitrogens with zero attached hydrogens (tertiary/aromatic N) is 2. The molecule has 0 unspecified atom stereocenters. The summed E-state index contributed by atoms with van der Waals surface area (Å²) in [4.78, 5) is 0. The average Bonchev–Trinajstić information content (AvgIpc) is 2.60. The van der Waals surface area contributed by atoms with Crippen LogP contribution in [0.25, 0.3) is 6.08 Å². The first-order chi connectivity index (χ1) is 11.6. The summed E-state index contributed by atoms with van der Waals surface area (Å²) in [5.41, 5.74) is 2.53. The van der Waals surface area contributed by atoms with Crippen LogP contribution >= 0.6 is 11.6 Å². The number of halogens is 1. The van der Waals surface area contributed by atoms with Gasteiger partial charge < -0.3 is 9.47 Å². The summed E-state index contributed by atoms with van der Waals surface area (Å²) in [6, 6.07) is 14.5. The van der Waals surface area contributed by atoms with Crippen LogP contribution in [-0.2, 0) is 6.61 Å². The van der Waals surface area contributed by atoms with Gasteiger partial charge in [-0.3, -0.25) is 0 Å². The lowest BCUT2D eigenvalue weighted by molar-refractivity contribution is 0.296. The van der Waals surface area contributed by atoms with Gasteiger partial charge in [0.1, 0.15) is 35.8 Å². The lowest BCUT2D eigenvalue weighted by atomic mass is 10.1. The highest BCUT2D eigenvalue weighted by molar-refractivity contribution is 6.31. The summed E-state index contributed by atoms with van der Waals surface area (Å²) in [7, 11) is 1.58. The van der Waals surface area contributed by atoms with Crippen molar-refractivity contribution in [3.8, 4) is 23.6 Å². The molecule has 0 aliphatic heterocycles. The number of aryl methyl sites for hydroxylation is 1. The number of nitriles is 2. The molecule has 0 spiro atoms. The molecule has 0 heterocycles. The van der Waals surface area contributed by atoms with Crippen molar-refractivity contribution in [3.05, 3.63) is 63.7 Å². The van der Waals surface area contributed by atoms with Crippen LogP contribution in [0.4, 0.5) is 0 Å². The molecule has 0 aliphatic carbocycles. The van der Waals surface area contributed by atoms with Crippen LogP contribution in [0.15, 0.2) is 42.0 Å². The van der Waals surface area contributed by atoms with Crippen molar-refractivity contribution in [1.29, 1.82) is 10.5 Å². The molecule has 0 saturated heterocycles. The van der Waals surface area contributed by atoms with Crippen molar-refractivity contribution < 1.29 is 9.47 Å². The van der Waals surface area contributed by atoms with Gasteiger partial charge in [0.25, 0.3) is 0 Å². The maximum absolute atomic E-state index is 8.86. The molecule has 0 N–H and O–H groups in total. The molecule has 120 valence electrons. The number of hydrogen-bond acceptors (Lipinski definition) is 4. The van der Waals surface area contributed by atoms with Gasteiger partial charge in [0, 0.05) is 10.6 Å². The highest BCUT2D eigenvalue weighted by Crippen LogP contribution is 2.25. The minimum atomic E-state index is 0.0420. The molecule has 0 saturated carbocycles. The van der Waals surface area contributed by atoms with Crippen LogP contribution in [0.2, 0.25) is 5.02 Å². The maximum atomic E-state index is 8.86. The van der Waals surface area contributed by atoms with Crippen molar-refractivity contribution in [3.63, 3.8) is 0 Å². The Balaban J connectivity index is 2.25. The molecule has 4 nitrogen and oxygen atoms in total. The van der Waals surface area contributed by atoms with Crippen molar-refractivity contribution >= 4 is 17.7 Å². The van der Waals surface area contributed by atoms with E-state index in [9.17, 15) is 0 Å². The zero-order chi connectivity index (χ0) is 17.5. The molecule has 0 bridgehead atoms. The smallest absolute Gasteiger partial charge is 0.130 e. The van der Waals surface area contributed by atoms with Crippen LogP contribution in [0.3, 0.4) is 0 Å². The molecule has 2 aromatic carbocycles. The van der Waals surface area contributed by atoms with Gasteiger partial charge in [0.2, 0.25) is 0 Å². The quantitative estimate of drug-likeness (QED) is 0.743. The molecule has 0 aliphatic rings. The molecule has 0 radical (unpaired) electrons. The standard InChI is InChI=1S/C19H15ClN2O2/c1-13-7-17(4-5-18(13)20)24-12-16-9-14(3-6-19(16)23-2)8-15(10-21)11-22/h3-9H,12H2,1-2H3. The minimum absolute atomic E-state index is 0.0420. The molecule has 24 heavy (non-hydrogen) atoms. The van der Waals surface area contributed by atoms with Crippen molar-refractivity contribution in [2.45, 2.75) is 13.5 Å². The third-order valence-electron chi connectivity index (χ3n) is 3.38. The Hall–Kier alpha value is -2.95. The van der Waals surface area contributed by atoms with Gasteiger partial charge in [-0.15, -0.1) is 0 Å². The van der Waals surface area contributed by atoms with E-state index in [4.69, 9.17) is 31.6 Å². The summed E-state index contributed by atoms with van der Waals surface area (Å²) in [6.07, 6.45) is 1.52. The van der Waals surface area contributed by atoms with E-state index in [-0.39, 0.29) is 5.57 Å². The number of benzene rings is 2. The van der Waals surface area contributed by atoms with Gasteiger partial charge in [-0.1, -0.05) is 17.7 Å². The Labute approximate surface area is 146 Å². The Morgan fingerprint density at radius 3 is 2.54 bits per heavy atom. The maximum Gasteiger partial charge on any atom is 0.130 e. The fourth-order valence-corrected chi connectivity index (χ4v) is 2.24. The molecular formula is C19H15ClN2O2. The third-order valence-corrected chi connectivity index (χ3v) is 3.80. The van der Waals surface area contributed by atoms with Gasteiger partial charge in [0.05, 0.1) is 7.11 Å². The predicted octanol–water partition coefficient (Wildman–Crippen LogP) is 4.67. The number of hydrogen-bond donors (Lipinski definition) is 0. The highest BCUT2D eigenvalue weighted by Gasteiger charge is 2.07. The van der Waals surface area contributed by atoms with Crippen LogP contribution < -0.4 is 9.47 Å². The minimum Gasteiger partial charge on any atom is -0.496 e. The topological polar surface area (TPSA) is 66.0 Å². The number of allylic oxidation sites excluding steroid dienone is 1. The normalized spacial score (nSPS) is 9.54. The van der Waals surface area contributed by atoms with Crippen LogP contribution in [0, 0.1) is 29.6 Å². The van der Waals surface area contributed by atoms with Crippen molar-refractivity contribution in [2.24, 2.45) is 0 Å². The zero-order valence-corrected chi connectivity index (χ0v) is 14.1. The molecule has 2 rings (SSSR count). The molecule has 0 amide bonds. The summed E-state index contributed by atoms with van der Waals surface area (Å²) < 4.78 is 11.1.